The van der Waals surface area contributed by atoms with Gasteiger partial charge in [-0.2, -0.15) is 14.0 Å². The molecule has 9 heteroatoms. The maximum absolute atomic E-state index is 13.7. The van der Waals surface area contributed by atoms with Crippen molar-refractivity contribution in [3.8, 4) is 17.6 Å². The van der Waals surface area contributed by atoms with E-state index in [0.717, 1.165) is 31.8 Å². The summed E-state index contributed by atoms with van der Waals surface area (Å²) in [6.07, 6.45) is 0.517. The van der Waals surface area contributed by atoms with E-state index in [4.69, 9.17) is 21.1 Å². The van der Waals surface area contributed by atoms with E-state index in [9.17, 15) is 18.8 Å². The van der Waals surface area contributed by atoms with E-state index in [1.807, 2.05) is 0 Å². The standard InChI is InChI=1S/C24H26ClF2N3O3/c1-4-24(26,27)18-7-9-22(20(25)14-18)33-16-23(31)29-19-8-10-21(17(13-19)15-28)32-12-11-30(5-2)6-3/h4,7-10,13-14H,1,5-6,11-12,16H2,2-3H3,(H,29,31). The summed E-state index contributed by atoms with van der Waals surface area (Å²) in [6.45, 7) is 9.83. The number of nitrogens with zero attached hydrogens (tertiary/aromatic N) is 2. The molecule has 0 saturated heterocycles. The van der Waals surface area contributed by atoms with Crippen molar-refractivity contribution in [1.29, 1.82) is 5.26 Å². The highest BCUT2D eigenvalue weighted by molar-refractivity contribution is 6.32. The molecule has 2 aromatic rings. The molecule has 0 aliphatic rings. The Morgan fingerprint density at radius 3 is 2.52 bits per heavy atom. The second-order valence-electron chi connectivity index (χ2n) is 7.01. The first-order chi connectivity index (χ1) is 15.7. The van der Waals surface area contributed by atoms with Crippen LogP contribution >= 0.6 is 11.6 Å². The van der Waals surface area contributed by atoms with E-state index in [1.165, 1.54) is 12.1 Å². The van der Waals surface area contributed by atoms with E-state index in [-0.39, 0.29) is 21.9 Å². The number of nitriles is 1. The number of halogens is 3. The summed E-state index contributed by atoms with van der Waals surface area (Å²) in [6, 6.07) is 10.3. The van der Waals surface area contributed by atoms with Gasteiger partial charge in [0.15, 0.2) is 6.61 Å². The zero-order valence-corrected chi connectivity index (χ0v) is 19.3. The molecule has 0 spiro atoms. The number of hydrogen-bond acceptors (Lipinski definition) is 5. The van der Waals surface area contributed by atoms with Crippen molar-refractivity contribution in [2.24, 2.45) is 0 Å². The van der Waals surface area contributed by atoms with Gasteiger partial charge in [-0.1, -0.05) is 32.0 Å². The lowest BCUT2D eigenvalue weighted by Crippen LogP contribution is -2.28. The highest BCUT2D eigenvalue weighted by Crippen LogP contribution is 2.34. The minimum absolute atomic E-state index is 0.0557. The molecular weight excluding hydrogens is 452 g/mol. The maximum Gasteiger partial charge on any atom is 0.291 e. The predicted octanol–water partition coefficient (Wildman–Crippen LogP) is 5.23. The zero-order valence-electron chi connectivity index (χ0n) is 18.5. The van der Waals surface area contributed by atoms with Crippen LogP contribution in [0.25, 0.3) is 0 Å². The summed E-state index contributed by atoms with van der Waals surface area (Å²) < 4.78 is 38.4. The van der Waals surface area contributed by atoms with Gasteiger partial charge in [0.05, 0.1) is 10.6 Å². The first kappa shape index (κ1) is 26.1. The van der Waals surface area contributed by atoms with Gasteiger partial charge in [0.1, 0.15) is 24.2 Å². The van der Waals surface area contributed by atoms with Crippen molar-refractivity contribution in [3.05, 3.63) is 65.2 Å². The molecule has 0 aromatic heterocycles. The second kappa shape index (κ2) is 12.2. The summed E-state index contributed by atoms with van der Waals surface area (Å²) in [5.41, 5.74) is 0.348. The fourth-order valence-electron chi connectivity index (χ4n) is 2.93. The lowest BCUT2D eigenvalue weighted by Gasteiger charge is -2.18. The molecule has 0 heterocycles. The Kier molecular flexibility index (Phi) is 9.64. The Labute approximate surface area is 197 Å². The molecule has 0 fully saturated rings. The largest absolute Gasteiger partial charge is 0.491 e. The van der Waals surface area contributed by atoms with Crippen molar-refractivity contribution in [2.75, 3.05) is 38.2 Å². The normalized spacial score (nSPS) is 11.1. The fourth-order valence-corrected chi connectivity index (χ4v) is 3.16. The number of nitrogens with one attached hydrogen (secondary N) is 1. The second-order valence-corrected chi connectivity index (χ2v) is 7.41. The zero-order chi connectivity index (χ0) is 24.4. The highest BCUT2D eigenvalue weighted by atomic mass is 35.5. The van der Waals surface area contributed by atoms with Crippen molar-refractivity contribution in [1.82, 2.24) is 4.90 Å². The number of amides is 1. The van der Waals surface area contributed by atoms with Crippen LogP contribution in [0.15, 0.2) is 49.1 Å². The SMILES string of the molecule is C=CC(F)(F)c1ccc(OCC(=O)Nc2ccc(OCCN(CC)CC)c(C#N)c2)c(Cl)c1. The molecule has 0 unspecified atom stereocenters. The van der Waals surface area contributed by atoms with Crippen LogP contribution in [0.2, 0.25) is 5.02 Å². The van der Waals surface area contributed by atoms with Crippen LogP contribution < -0.4 is 14.8 Å². The molecular formula is C24H26ClF2N3O3. The van der Waals surface area contributed by atoms with Crippen LogP contribution in [-0.2, 0) is 10.7 Å². The number of ether oxygens (including phenoxy) is 2. The molecule has 176 valence electrons. The third-order valence-electron chi connectivity index (χ3n) is 4.88. The minimum Gasteiger partial charge on any atom is -0.491 e. The molecule has 0 atom stereocenters. The van der Waals surface area contributed by atoms with Crippen LogP contribution in [0.5, 0.6) is 11.5 Å². The quantitative estimate of drug-likeness (QED) is 0.424. The Hall–Kier alpha value is -3.15. The topological polar surface area (TPSA) is 74.6 Å². The number of benzene rings is 2. The first-order valence-corrected chi connectivity index (χ1v) is 10.7. The van der Waals surface area contributed by atoms with Crippen LogP contribution in [0.3, 0.4) is 0 Å². The Bertz CT molecular complexity index is 1020. The highest BCUT2D eigenvalue weighted by Gasteiger charge is 2.27. The molecule has 0 saturated carbocycles. The number of anilines is 1. The van der Waals surface area contributed by atoms with Gasteiger partial charge in [-0.3, -0.25) is 4.79 Å². The van der Waals surface area contributed by atoms with Gasteiger partial charge >= 0.3 is 0 Å². The van der Waals surface area contributed by atoms with Crippen molar-refractivity contribution >= 4 is 23.2 Å². The first-order valence-electron chi connectivity index (χ1n) is 10.4. The average Bonchev–Trinajstić information content (AvgIpc) is 2.81. The van der Waals surface area contributed by atoms with Gasteiger partial charge < -0.3 is 19.7 Å². The van der Waals surface area contributed by atoms with Gasteiger partial charge in [-0.05, 0) is 55.6 Å². The molecule has 0 aliphatic heterocycles. The lowest BCUT2D eigenvalue weighted by molar-refractivity contribution is -0.118. The Balaban J connectivity index is 1.95. The number of alkyl halides is 2. The number of hydrogen-bond donors (Lipinski definition) is 1. The summed E-state index contributed by atoms with van der Waals surface area (Å²) >= 11 is 6.00. The van der Waals surface area contributed by atoms with Crippen LogP contribution in [0, 0.1) is 11.3 Å². The van der Waals surface area contributed by atoms with Crippen LogP contribution in [0.4, 0.5) is 14.5 Å². The van der Waals surface area contributed by atoms with Crippen molar-refractivity contribution in [3.63, 3.8) is 0 Å². The smallest absolute Gasteiger partial charge is 0.291 e. The minimum atomic E-state index is -3.22. The molecule has 1 amide bonds. The summed E-state index contributed by atoms with van der Waals surface area (Å²) in [7, 11) is 0. The third kappa shape index (κ3) is 7.45. The number of likely N-dealkylation sites (N-methyl/N-ethyl adjacent to an activating group) is 1. The molecule has 0 radical (unpaired) electrons. The molecule has 33 heavy (non-hydrogen) atoms. The van der Waals surface area contributed by atoms with E-state index in [0.29, 0.717) is 24.1 Å². The number of rotatable bonds is 12. The number of carbonyl (C=O) groups excluding carboxylic acids is 1. The van der Waals surface area contributed by atoms with Crippen LogP contribution in [-0.4, -0.2) is 43.7 Å². The van der Waals surface area contributed by atoms with E-state index in [1.54, 1.807) is 12.1 Å². The molecule has 6 nitrogen and oxygen atoms in total. The van der Waals surface area contributed by atoms with Gasteiger partial charge in [-0.25, -0.2) is 0 Å². The average molecular weight is 478 g/mol. The monoisotopic (exact) mass is 477 g/mol. The summed E-state index contributed by atoms with van der Waals surface area (Å²) in [5.74, 6) is -3.21. The molecule has 2 rings (SSSR count). The van der Waals surface area contributed by atoms with Gasteiger partial charge in [0, 0.05) is 17.8 Å². The number of allylic oxidation sites excluding steroid dienone is 1. The number of carbonyl (C=O) groups is 1. The molecule has 0 aliphatic carbocycles. The maximum atomic E-state index is 13.7. The summed E-state index contributed by atoms with van der Waals surface area (Å²) in [5, 5.41) is 12.0. The fraction of sp³-hybridized carbons (Fsp3) is 0.333. The summed E-state index contributed by atoms with van der Waals surface area (Å²) in [4.78, 5) is 14.4. The van der Waals surface area contributed by atoms with E-state index >= 15 is 0 Å². The molecule has 2 aromatic carbocycles. The van der Waals surface area contributed by atoms with Crippen LogP contribution in [0.1, 0.15) is 25.0 Å². The van der Waals surface area contributed by atoms with E-state index < -0.39 is 18.4 Å². The van der Waals surface area contributed by atoms with Crippen molar-refractivity contribution in [2.45, 2.75) is 19.8 Å². The van der Waals surface area contributed by atoms with Gasteiger partial charge in [0.2, 0.25) is 0 Å². The van der Waals surface area contributed by atoms with E-state index in [2.05, 4.69) is 36.7 Å². The van der Waals surface area contributed by atoms with Gasteiger partial charge in [-0.15, -0.1) is 0 Å². The predicted molar refractivity (Wildman–Crippen MR) is 124 cm³/mol. The van der Waals surface area contributed by atoms with Crippen molar-refractivity contribution < 1.29 is 23.0 Å². The lowest BCUT2D eigenvalue weighted by atomic mass is 10.1. The van der Waals surface area contributed by atoms with Gasteiger partial charge in [0.25, 0.3) is 11.8 Å². The third-order valence-corrected chi connectivity index (χ3v) is 5.17. The molecule has 1 N–H and O–H groups in total. The molecule has 0 bridgehead atoms. The Morgan fingerprint density at radius 1 is 1.21 bits per heavy atom. The Morgan fingerprint density at radius 2 is 1.91 bits per heavy atom.